The van der Waals surface area contributed by atoms with E-state index in [2.05, 4.69) is 20.9 Å². The van der Waals surface area contributed by atoms with Gasteiger partial charge in [0, 0.05) is 11.1 Å². The number of benzene rings is 2. The molecule has 3 aromatic rings. The SMILES string of the molecule is O=C(c1ccc(F)c(Br)c1)c1ccc2[nH]c(=O)oc2c1. The van der Waals surface area contributed by atoms with Crippen LogP contribution in [0.4, 0.5) is 4.39 Å². The van der Waals surface area contributed by atoms with E-state index in [0.29, 0.717) is 22.2 Å². The molecular weight excluding hydrogens is 329 g/mol. The summed E-state index contributed by atoms with van der Waals surface area (Å²) in [7, 11) is 0. The summed E-state index contributed by atoms with van der Waals surface area (Å²) in [5.41, 5.74) is 1.53. The maximum atomic E-state index is 13.2. The zero-order chi connectivity index (χ0) is 14.3. The van der Waals surface area contributed by atoms with E-state index in [0.717, 1.165) is 0 Å². The number of aromatic amines is 1. The van der Waals surface area contributed by atoms with E-state index in [1.54, 1.807) is 12.1 Å². The average molecular weight is 336 g/mol. The third-order valence-corrected chi connectivity index (χ3v) is 3.47. The lowest BCUT2D eigenvalue weighted by atomic mass is 10.0. The van der Waals surface area contributed by atoms with Crippen LogP contribution in [0.15, 0.2) is 50.1 Å². The number of H-pyrrole nitrogens is 1. The van der Waals surface area contributed by atoms with E-state index in [4.69, 9.17) is 4.42 Å². The van der Waals surface area contributed by atoms with Crippen molar-refractivity contribution in [2.24, 2.45) is 0 Å². The summed E-state index contributed by atoms with van der Waals surface area (Å²) in [5.74, 6) is -1.29. The van der Waals surface area contributed by atoms with Crippen molar-refractivity contribution in [3.63, 3.8) is 0 Å². The first-order valence-electron chi connectivity index (χ1n) is 5.67. The molecule has 6 heteroatoms. The summed E-state index contributed by atoms with van der Waals surface area (Å²) in [6.07, 6.45) is 0. The van der Waals surface area contributed by atoms with Gasteiger partial charge in [-0.3, -0.25) is 9.78 Å². The fourth-order valence-electron chi connectivity index (χ4n) is 1.89. The van der Waals surface area contributed by atoms with E-state index >= 15 is 0 Å². The molecule has 20 heavy (non-hydrogen) atoms. The van der Waals surface area contributed by atoms with Gasteiger partial charge in [0.1, 0.15) is 5.82 Å². The Hall–Kier alpha value is -2.21. The smallest absolute Gasteiger partial charge is 0.408 e. The van der Waals surface area contributed by atoms with Crippen LogP contribution >= 0.6 is 15.9 Å². The molecule has 1 N–H and O–H groups in total. The van der Waals surface area contributed by atoms with Crippen molar-refractivity contribution < 1.29 is 13.6 Å². The van der Waals surface area contributed by atoms with Crippen molar-refractivity contribution in [1.29, 1.82) is 0 Å². The number of hydrogen-bond acceptors (Lipinski definition) is 3. The first-order valence-corrected chi connectivity index (χ1v) is 6.46. The first-order chi connectivity index (χ1) is 9.54. The van der Waals surface area contributed by atoms with Gasteiger partial charge in [-0.2, -0.15) is 0 Å². The average Bonchev–Trinajstić information content (AvgIpc) is 2.80. The second-order valence-corrected chi connectivity index (χ2v) is 5.04. The van der Waals surface area contributed by atoms with E-state index in [1.807, 2.05) is 0 Å². The van der Waals surface area contributed by atoms with Crippen LogP contribution in [0.2, 0.25) is 0 Å². The number of carbonyl (C=O) groups excluding carboxylic acids is 1. The lowest BCUT2D eigenvalue weighted by Gasteiger charge is -2.02. The fourth-order valence-corrected chi connectivity index (χ4v) is 2.27. The highest BCUT2D eigenvalue weighted by Gasteiger charge is 2.13. The minimum absolute atomic E-state index is 0.220. The van der Waals surface area contributed by atoms with Crippen LogP contribution in [0.3, 0.4) is 0 Å². The Bertz CT molecular complexity index is 882. The Morgan fingerprint density at radius 3 is 2.60 bits per heavy atom. The third-order valence-electron chi connectivity index (χ3n) is 2.86. The summed E-state index contributed by atoms with van der Waals surface area (Å²) in [6.45, 7) is 0. The molecular formula is C14H7BrFNO3. The minimum Gasteiger partial charge on any atom is -0.408 e. The Labute approximate surface area is 120 Å². The number of rotatable bonds is 2. The number of fused-ring (bicyclic) bond motifs is 1. The van der Waals surface area contributed by atoms with Crippen LogP contribution in [-0.2, 0) is 0 Å². The third kappa shape index (κ3) is 2.18. The van der Waals surface area contributed by atoms with Gasteiger partial charge in [-0.05, 0) is 52.3 Å². The van der Waals surface area contributed by atoms with Gasteiger partial charge in [0.15, 0.2) is 11.4 Å². The van der Waals surface area contributed by atoms with Crippen molar-refractivity contribution in [1.82, 2.24) is 4.98 Å². The van der Waals surface area contributed by atoms with Gasteiger partial charge in [-0.1, -0.05) is 0 Å². The summed E-state index contributed by atoms with van der Waals surface area (Å²) in [5, 5.41) is 0. The molecule has 1 heterocycles. The van der Waals surface area contributed by atoms with Gasteiger partial charge in [0.25, 0.3) is 0 Å². The van der Waals surface area contributed by atoms with E-state index < -0.39 is 11.6 Å². The van der Waals surface area contributed by atoms with E-state index in [9.17, 15) is 14.0 Å². The number of halogens is 2. The predicted molar refractivity (Wildman–Crippen MR) is 74.4 cm³/mol. The second kappa shape index (κ2) is 4.72. The Morgan fingerprint density at radius 2 is 1.85 bits per heavy atom. The number of aromatic nitrogens is 1. The van der Waals surface area contributed by atoms with Crippen molar-refractivity contribution in [3.05, 3.63) is 68.4 Å². The number of carbonyl (C=O) groups is 1. The number of nitrogens with one attached hydrogen (secondary N) is 1. The fraction of sp³-hybridized carbons (Fsp3) is 0. The van der Waals surface area contributed by atoms with Crippen LogP contribution in [0, 0.1) is 5.82 Å². The standard InChI is InChI=1S/C14H7BrFNO3/c15-9-5-7(1-3-10(9)16)13(18)8-2-4-11-12(6-8)20-14(19)17-11/h1-6H,(H,17,19). The van der Waals surface area contributed by atoms with Crippen molar-refractivity contribution in [2.45, 2.75) is 0 Å². The van der Waals surface area contributed by atoms with Crippen LogP contribution in [0.5, 0.6) is 0 Å². The molecule has 0 amide bonds. The van der Waals surface area contributed by atoms with Gasteiger partial charge in [0.2, 0.25) is 0 Å². The molecule has 0 saturated carbocycles. The molecule has 1 aromatic heterocycles. The lowest BCUT2D eigenvalue weighted by molar-refractivity contribution is 0.103. The molecule has 0 fully saturated rings. The van der Waals surface area contributed by atoms with Gasteiger partial charge in [-0.15, -0.1) is 0 Å². The molecule has 0 aliphatic heterocycles. The largest absolute Gasteiger partial charge is 0.417 e. The molecule has 4 nitrogen and oxygen atoms in total. The van der Waals surface area contributed by atoms with Crippen molar-refractivity contribution in [2.75, 3.05) is 0 Å². The lowest BCUT2D eigenvalue weighted by Crippen LogP contribution is -2.01. The monoisotopic (exact) mass is 335 g/mol. The van der Waals surface area contributed by atoms with Crippen molar-refractivity contribution in [3.8, 4) is 0 Å². The Morgan fingerprint density at radius 1 is 1.15 bits per heavy atom. The molecule has 0 radical (unpaired) electrons. The summed E-state index contributed by atoms with van der Waals surface area (Å²) in [4.78, 5) is 25.8. The first kappa shape index (κ1) is 12.8. The maximum Gasteiger partial charge on any atom is 0.417 e. The zero-order valence-electron chi connectivity index (χ0n) is 9.94. The van der Waals surface area contributed by atoms with Gasteiger partial charge in [0.05, 0.1) is 9.99 Å². The molecule has 0 aliphatic rings. The molecule has 0 saturated heterocycles. The van der Waals surface area contributed by atoms with E-state index in [1.165, 1.54) is 24.3 Å². The zero-order valence-corrected chi connectivity index (χ0v) is 11.5. The van der Waals surface area contributed by atoms with Crippen LogP contribution in [-0.4, -0.2) is 10.8 Å². The topological polar surface area (TPSA) is 63.1 Å². The summed E-state index contributed by atoms with van der Waals surface area (Å²) >= 11 is 3.04. The second-order valence-electron chi connectivity index (χ2n) is 4.18. The molecule has 0 aliphatic carbocycles. The summed E-state index contributed by atoms with van der Waals surface area (Å²) in [6, 6.07) is 8.67. The highest BCUT2D eigenvalue weighted by Crippen LogP contribution is 2.20. The maximum absolute atomic E-state index is 13.2. The van der Waals surface area contributed by atoms with Crippen LogP contribution in [0.25, 0.3) is 11.1 Å². The highest BCUT2D eigenvalue weighted by molar-refractivity contribution is 9.10. The van der Waals surface area contributed by atoms with Crippen LogP contribution < -0.4 is 5.76 Å². The van der Waals surface area contributed by atoms with Gasteiger partial charge < -0.3 is 4.42 Å². The Kier molecular flexibility index (Phi) is 3.02. The number of hydrogen-bond donors (Lipinski definition) is 1. The molecule has 3 rings (SSSR count). The van der Waals surface area contributed by atoms with Crippen LogP contribution in [0.1, 0.15) is 15.9 Å². The molecule has 2 aromatic carbocycles. The van der Waals surface area contributed by atoms with Crippen molar-refractivity contribution >= 4 is 32.8 Å². The molecule has 100 valence electrons. The molecule has 0 spiro atoms. The molecule has 0 bridgehead atoms. The predicted octanol–water partition coefficient (Wildman–Crippen LogP) is 3.25. The normalized spacial score (nSPS) is 10.9. The minimum atomic E-state index is -0.575. The summed E-state index contributed by atoms with van der Waals surface area (Å²) < 4.78 is 18.3. The molecule has 0 unspecified atom stereocenters. The Balaban J connectivity index is 2.07. The number of ketones is 1. The number of oxazole rings is 1. The quantitative estimate of drug-likeness (QED) is 0.731. The van der Waals surface area contributed by atoms with Gasteiger partial charge in [-0.25, -0.2) is 9.18 Å². The van der Waals surface area contributed by atoms with Gasteiger partial charge >= 0.3 is 5.76 Å². The van der Waals surface area contributed by atoms with E-state index in [-0.39, 0.29) is 10.3 Å². The molecule has 0 atom stereocenters. The highest BCUT2D eigenvalue weighted by atomic mass is 79.9.